The van der Waals surface area contributed by atoms with Crippen LogP contribution >= 0.6 is 0 Å². The second-order valence-electron chi connectivity index (χ2n) is 5.31. The lowest BCUT2D eigenvalue weighted by Crippen LogP contribution is -2.40. The first-order valence-corrected chi connectivity index (χ1v) is 6.62. The summed E-state index contributed by atoms with van der Waals surface area (Å²) in [4.78, 5) is 4.26. The molecule has 0 saturated heterocycles. The van der Waals surface area contributed by atoms with Gasteiger partial charge in [0.25, 0.3) is 5.89 Å². The molecule has 2 heterocycles. The van der Waals surface area contributed by atoms with Crippen LogP contribution in [0.4, 0.5) is 0 Å². The number of rotatable bonds is 7. The topological polar surface area (TPSA) is 109 Å². The summed E-state index contributed by atoms with van der Waals surface area (Å²) >= 11 is 0. The molecule has 0 aliphatic heterocycles. The second-order valence-corrected chi connectivity index (χ2v) is 5.31. The SMILES string of the molecule is COCc1cc(-c2nc(C(C)(N)COC(C)C)no2)no1. The van der Waals surface area contributed by atoms with Crippen LogP contribution in [0.2, 0.25) is 0 Å². The quantitative estimate of drug-likeness (QED) is 0.818. The maximum Gasteiger partial charge on any atom is 0.280 e. The fraction of sp³-hybridized carbons (Fsp3) is 0.615. The number of hydrogen-bond acceptors (Lipinski definition) is 8. The van der Waals surface area contributed by atoms with E-state index in [1.165, 1.54) is 0 Å². The molecule has 0 bridgehead atoms. The third kappa shape index (κ3) is 3.87. The lowest BCUT2D eigenvalue weighted by Gasteiger charge is -2.21. The molecule has 116 valence electrons. The summed E-state index contributed by atoms with van der Waals surface area (Å²) in [5, 5.41) is 7.74. The van der Waals surface area contributed by atoms with Gasteiger partial charge in [0.1, 0.15) is 12.1 Å². The molecule has 8 nitrogen and oxygen atoms in total. The first-order chi connectivity index (χ1) is 9.92. The number of methoxy groups -OCH3 is 1. The van der Waals surface area contributed by atoms with Gasteiger partial charge in [-0.3, -0.25) is 0 Å². The van der Waals surface area contributed by atoms with E-state index in [9.17, 15) is 0 Å². The van der Waals surface area contributed by atoms with Gasteiger partial charge in [-0.25, -0.2) is 0 Å². The molecule has 21 heavy (non-hydrogen) atoms. The van der Waals surface area contributed by atoms with Crippen molar-refractivity contribution in [1.29, 1.82) is 0 Å². The van der Waals surface area contributed by atoms with E-state index >= 15 is 0 Å². The molecule has 0 aliphatic rings. The zero-order valence-electron chi connectivity index (χ0n) is 12.6. The Balaban J connectivity index is 2.12. The molecule has 0 aromatic carbocycles. The van der Waals surface area contributed by atoms with Crippen LogP contribution in [0.25, 0.3) is 11.6 Å². The van der Waals surface area contributed by atoms with E-state index in [0.717, 1.165) is 0 Å². The summed E-state index contributed by atoms with van der Waals surface area (Å²) in [6, 6.07) is 1.68. The van der Waals surface area contributed by atoms with Crippen LogP contribution in [-0.4, -0.2) is 35.1 Å². The van der Waals surface area contributed by atoms with E-state index in [4.69, 9.17) is 24.3 Å². The molecule has 1 atom stereocenters. The van der Waals surface area contributed by atoms with Crippen molar-refractivity contribution in [2.75, 3.05) is 13.7 Å². The summed E-state index contributed by atoms with van der Waals surface area (Å²) in [5.41, 5.74) is 5.76. The zero-order chi connectivity index (χ0) is 15.5. The molecule has 0 aliphatic carbocycles. The molecule has 2 rings (SSSR count). The summed E-state index contributed by atoms with van der Waals surface area (Å²) in [6.07, 6.45) is 0.0754. The predicted molar refractivity (Wildman–Crippen MR) is 73.1 cm³/mol. The van der Waals surface area contributed by atoms with E-state index in [1.807, 2.05) is 13.8 Å². The first-order valence-electron chi connectivity index (χ1n) is 6.62. The summed E-state index contributed by atoms with van der Waals surface area (Å²) in [6.45, 7) is 6.26. The van der Waals surface area contributed by atoms with Crippen molar-refractivity contribution in [1.82, 2.24) is 15.3 Å². The van der Waals surface area contributed by atoms with Crippen molar-refractivity contribution >= 4 is 0 Å². The van der Waals surface area contributed by atoms with Gasteiger partial charge in [-0.1, -0.05) is 10.3 Å². The van der Waals surface area contributed by atoms with Gasteiger partial charge in [-0.15, -0.1) is 0 Å². The van der Waals surface area contributed by atoms with Gasteiger partial charge in [-0.2, -0.15) is 4.98 Å². The van der Waals surface area contributed by atoms with Gasteiger partial charge >= 0.3 is 0 Å². The summed E-state index contributed by atoms with van der Waals surface area (Å²) < 4.78 is 20.7. The van der Waals surface area contributed by atoms with Crippen molar-refractivity contribution in [2.45, 2.75) is 39.0 Å². The third-order valence-electron chi connectivity index (χ3n) is 2.72. The Bertz CT molecular complexity index is 576. The lowest BCUT2D eigenvalue weighted by molar-refractivity contribution is 0.0410. The minimum Gasteiger partial charge on any atom is -0.377 e. The van der Waals surface area contributed by atoms with E-state index in [1.54, 1.807) is 20.1 Å². The van der Waals surface area contributed by atoms with Crippen LogP contribution in [0, 0.1) is 0 Å². The second kappa shape index (κ2) is 6.33. The monoisotopic (exact) mass is 296 g/mol. The molecule has 2 aromatic heterocycles. The average molecular weight is 296 g/mol. The number of nitrogens with zero attached hydrogens (tertiary/aromatic N) is 3. The van der Waals surface area contributed by atoms with Gasteiger partial charge in [0.15, 0.2) is 17.3 Å². The van der Waals surface area contributed by atoms with Gasteiger partial charge in [0.2, 0.25) is 0 Å². The highest BCUT2D eigenvalue weighted by atomic mass is 16.5. The molecule has 2 aromatic rings. The van der Waals surface area contributed by atoms with Crippen LogP contribution in [0.3, 0.4) is 0 Å². The largest absolute Gasteiger partial charge is 0.377 e. The van der Waals surface area contributed by atoms with Gasteiger partial charge in [-0.05, 0) is 20.8 Å². The molecule has 0 amide bonds. The average Bonchev–Trinajstić information content (AvgIpc) is 3.05. The number of ether oxygens (including phenoxy) is 2. The number of aromatic nitrogens is 3. The van der Waals surface area contributed by atoms with E-state index < -0.39 is 5.54 Å². The predicted octanol–water partition coefficient (Wildman–Crippen LogP) is 1.47. The Hall–Kier alpha value is -1.77. The maximum atomic E-state index is 6.16. The van der Waals surface area contributed by atoms with Crippen molar-refractivity contribution < 1.29 is 18.5 Å². The lowest BCUT2D eigenvalue weighted by atomic mass is 10.1. The molecule has 0 radical (unpaired) electrons. The highest BCUT2D eigenvalue weighted by Gasteiger charge is 2.29. The van der Waals surface area contributed by atoms with Crippen LogP contribution in [0.15, 0.2) is 15.1 Å². The number of hydrogen-bond donors (Lipinski definition) is 1. The smallest absolute Gasteiger partial charge is 0.280 e. The third-order valence-corrected chi connectivity index (χ3v) is 2.72. The minimum atomic E-state index is -0.842. The molecule has 1 unspecified atom stereocenters. The summed E-state index contributed by atoms with van der Waals surface area (Å²) in [7, 11) is 1.57. The highest BCUT2D eigenvalue weighted by Crippen LogP contribution is 2.22. The van der Waals surface area contributed by atoms with E-state index in [-0.39, 0.29) is 18.6 Å². The van der Waals surface area contributed by atoms with Crippen LogP contribution in [0.5, 0.6) is 0 Å². The molecule has 8 heteroatoms. The Labute approximate surface area is 122 Å². The molecule has 0 fully saturated rings. The van der Waals surface area contributed by atoms with Crippen LogP contribution in [-0.2, 0) is 21.6 Å². The Morgan fingerprint density at radius 3 is 2.76 bits per heavy atom. The van der Waals surface area contributed by atoms with Crippen molar-refractivity contribution in [3.05, 3.63) is 17.7 Å². The first kappa shape index (κ1) is 15.6. The standard InChI is InChI=1S/C13H20N4O4/c1-8(2)19-7-13(3,14)12-15-11(21-17-12)10-5-9(6-18-4)20-16-10/h5,8H,6-7,14H2,1-4H3. The fourth-order valence-corrected chi connectivity index (χ4v) is 1.59. The van der Waals surface area contributed by atoms with Crippen molar-refractivity contribution in [3.8, 4) is 11.6 Å². The van der Waals surface area contributed by atoms with E-state index in [2.05, 4.69) is 15.3 Å². The van der Waals surface area contributed by atoms with Crippen LogP contribution < -0.4 is 5.73 Å². The van der Waals surface area contributed by atoms with Crippen molar-refractivity contribution in [2.24, 2.45) is 5.73 Å². The molecule has 0 saturated carbocycles. The summed E-state index contributed by atoms with van der Waals surface area (Å²) in [5.74, 6) is 1.18. The van der Waals surface area contributed by atoms with Crippen molar-refractivity contribution in [3.63, 3.8) is 0 Å². The zero-order valence-corrected chi connectivity index (χ0v) is 12.6. The minimum absolute atomic E-state index is 0.0754. The Kier molecular flexibility index (Phi) is 4.71. The van der Waals surface area contributed by atoms with Gasteiger partial charge in [0.05, 0.1) is 12.7 Å². The highest BCUT2D eigenvalue weighted by molar-refractivity contribution is 5.45. The van der Waals surface area contributed by atoms with Gasteiger partial charge < -0.3 is 24.3 Å². The Morgan fingerprint density at radius 2 is 2.10 bits per heavy atom. The maximum absolute atomic E-state index is 6.16. The fourth-order valence-electron chi connectivity index (χ4n) is 1.59. The molecular weight excluding hydrogens is 276 g/mol. The normalized spacial score (nSPS) is 14.6. The van der Waals surface area contributed by atoms with E-state index in [0.29, 0.717) is 23.9 Å². The molecule has 0 spiro atoms. The van der Waals surface area contributed by atoms with Gasteiger partial charge in [0, 0.05) is 13.2 Å². The van der Waals surface area contributed by atoms with Crippen LogP contribution in [0.1, 0.15) is 32.4 Å². The molecular formula is C13H20N4O4. The Morgan fingerprint density at radius 1 is 1.33 bits per heavy atom. The number of nitrogens with two attached hydrogens (primary N) is 1. The molecule has 2 N–H and O–H groups in total.